The maximum atomic E-state index is 5.52. The van der Waals surface area contributed by atoms with Crippen molar-refractivity contribution >= 4 is 92.7 Å². The Kier molecular flexibility index (Phi) is 5.57. The molecule has 0 bridgehead atoms. The molecule has 0 N–H and O–H groups in total. The van der Waals surface area contributed by atoms with Gasteiger partial charge in [0, 0.05) is 54.3 Å². The molecule has 0 saturated heterocycles. The van der Waals surface area contributed by atoms with Gasteiger partial charge in [-0.2, -0.15) is 0 Å². The predicted octanol–water partition coefficient (Wildman–Crippen LogP) is 12.6. The van der Waals surface area contributed by atoms with E-state index in [1.165, 1.54) is 65.2 Å². The molecule has 8 aromatic carbocycles. The van der Waals surface area contributed by atoms with Crippen LogP contribution in [0.1, 0.15) is 0 Å². The van der Waals surface area contributed by atoms with E-state index in [0.717, 1.165) is 50.3 Å². The fourth-order valence-electron chi connectivity index (χ4n) is 9.51. The fourth-order valence-corrected chi connectivity index (χ4v) is 9.51. The lowest BCUT2D eigenvalue weighted by Crippen LogP contribution is -2.03. The van der Waals surface area contributed by atoms with E-state index in [4.69, 9.17) is 9.97 Å². The molecule has 5 nitrogen and oxygen atoms in total. The van der Waals surface area contributed by atoms with Gasteiger partial charge in [0.25, 0.3) is 0 Å². The van der Waals surface area contributed by atoms with Crippen LogP contribution in [-0.2, 0) is 0 Å². The minimum absolute atomic E-state index is 0.817. The highest BCUT2D eigenvalue weighted by Gasteiger charge is 2.26. The third-order valence-electron chi connectivity index (χ3n) is 11.7. The molecule has 13 rings (SSSR count). The minimum atomic E-state index is 0.817. The van der Waals surface area contributed by atoms with E-state index in [1.54, 1.807) is 0 Å². The van der Waals surface area contributed by atoms with Crippen LogP contribution < -0.4 is 0 Å². The summed E-state index contributed by atoms with van der Waals surface area (Å²) in [4.78, 5) is 11.0. The third kappa shape index (κ3) is 3.76. The molecule has 254 valence electrons. The van der Waals surface area contributed by atoms with Gasteiger partial charge in [0.15, 0.2) is 5.82 Å². The molecule has 0 saturated carbocycles. The first-order valence-corrected chi connectivity index (χ1v) is 18.8. The maximum Gasteiger partial charge on any atom is 0.165 e. The lowest BCUT2D eigenvalue weighted by molar-refractivity contribution is 1.08. The van der Waals surface area contributed by atoms with E-state index in [9.17, 15) is 0 Å². The van der Waals surface area contributed by atoms with Crippen molar-refractivity contribution < 1.29 is 0 Å². The number of benzene rings is 8. The van der Waals surface area contributed by atoms with Crippen molar-refractivity contribution in [3.63, 3.8) is 0 Å². The first kappa shape index (κ1) is 29.0. The second-order valence-electron chi connectivity index (χ2n) is 14.6. The lowest BCUT2D eigenvalue weighted by atomic mass is 10.0. The molecule has 0 aliphatic heterocycles. The van der Waals surface area contributed by atoms with Gasteiger partial charge in [-0.15, -0.1) is 0 Å². The smallest absolute Gasteiger partial charge is 0.165 e. The van der Waals surface area contributed by atoms with Crippen molar-refractivity contribution in [2.24, 2.45) is 0 Å². The van der Waals surface area contributed by atoms with Gasteiger partial charge in [-0.25, -0.2) is 9.97 Å². The number of nitrogens with zero attached hydrogens (tertiary/aromatic N) is 5. The molecule has 5 heteroatoms. The van der Waals surface area contributed by atoms with E-state index in [-0.39, 0.29) is 0 Å². The first-order chi connectivity index (χ1) is 27.3. The van der Waals surface area contributed by atoms with Gasteiger partial charge < -0.3 is 8.97 Å². The molecule has 13 aromatic rings. The van der Waals surface area contributed by atoms with Crippen molar-refractivity contribution in [2.45, 2.75) is 0 Å². The lowest BCUT2D eigenvalue weighted by Gasteiger charge is -2.14. The summed E-state index contributed by atoms with van der Waals surface area (Å²) in [5.41, 5.74) is 13.0. The normalized spacial score (nSPS) is 12.4. The second-order valence-corrected chi connectivity index (χ2v) is 14.6. The van der Waals surface area contributed by atoms with E-state index >= 15 is 0 Å². The molecule has 0 fully saturated rings. The summed E-state index contributed by atoms with van der Waals surface area (Å²) >= 11 is 0. The Morgan fingerprint density at radius 3 is 1.64 bits per heavy atom. The summed E-state index contributed by atoms with van der Waals surface area (Å²) in [7, 11) is 0. The Morgan fingerprint density at radius 1 is 0.345 bits per heavy atom. The molecule has 0 unspecified atom stereocenters. The number of para-hydroxylation sites is 7. The van der Waals surface area contributed by atoms with Crippen LogP contribution in [0.5, 0.6) is 0 Å². The van der Waals surface area contributed by atoms with Gasteiger partial charge in [-0.05, 0) is 66.7 Å². The SMILES string of the molecule is c1ccc(-n2c3ccccc3c3cc(-c4nc5ccccc5nc4-n4c5ccccc5c5c6c7ccccc7n7c8ccccc8c(cc54)c67)ccc32)cc1. The van der Waals surface area contributed by atoms with Gasteiger partial charge >= 0.3 is 0 Å². The Bertz CT molecular complexity index is 3720. The zero-order chi connectivity index (χ0) is 35.8. The monoisotopic (exact) mass is 699 g/mol. The average Bonchev–Trinajstić information content (AvgIpc) is 3.97. The zero-order valence-corrected chi connectivity index (χ0v) is 29.5. The van der Waals surface area contributed by atoms with Crippen LogP contribution in [0.25, 0.3) is 116 Å². The quantitative estimate of drug-likeness (QED) is 0.184. The molecule has 5 aromatic heterocycles. The summed E-state index contributed by atoms with van der Waals surface area (Å²) in [5, 5.41) is 9.84. The highest BCUT2D eigenvalue weighted by molar-refractivity contribution is 6.35. The van der Waals surface area contributed by atoms with Gasteiger partial charge in [-0.1, -0.05) is 109 Å². The van der Waals surface area contributed by atoms with E-state index in [0.29, 0.717) is 0 Å². The van der Waals surface area contributed by atoms with Crippen LogP contribution in [0.15, 0.2) is 176 Å². The molecule has 0 aliphatic carbocycles. The van der Waals surface area contributed by atoms with Gasteiger partial charge in [0.05, 0.1) is 49.7 Å². The van der Waals surface area contributed by atoms with Crippen LogP contribution >= 0.6 is 0 Å². The van der Waals surface area contributed by atoms with Crippen molar-refractivity contribution in [3.05, 3.63) is 176 Å². The zero-order valence-electron chi connectivity index (χ0n) is 29.5. The van der Waals surface area contributed by atoms with Gasteiger partial charge in [-0.3, -0.25) is 4.57 Å². The van der Waals surface area contributed by atoms with Crippen LogP contribution in [0.3, 0.4) is 0 Å². The van der Waals surface area contributed by atoms with Crippen LogP contribution in [0.4, 0.5) is 0 Å². The molecule has 55 heavy (non-hydrogen) atoms. The van der Waals surface area contributed by atoms with Crippen LogP contribution in [0.2, 0.25) is 0 Å². The number of aromatic nitrogens is 5. The Morgan fingerprint density at radius 2 is 0.891 bits per heavy atom. The van der Waals surface area contributed by atoms with Crippen molar-refractivity contribution in [1.29, 1.82) is 0 Å². The predicted molar refractivity (Wildman–Crippen MR) is 228 cm³/mol. The largest absolute Gasteiger partial charge is 0.309 e. The van der Waals surface area contributed by atoms with Crippen molar-refractivity contribution in [1.82, 2.24) is 23.5 Å². The molecular weight excluding hydrogens is 671 g/mol. The summed E-state index contributed by atoms with van der Waals surface area (Å²) in [5.74, 6) is 0.817. The van der Waals surface area contributed by atoms with E-state index in [1.807, 2.05) is 12.1 Å². The number of hydrogen-bond donors (Lipinski definition) is 0. The molecule has 0 atom stereocenters. The molecule has 0 radical (unpaired) electrons. The molecular formula is C50H29N5. The summed E-state index contributed by atoms with van der Waals surface area (Å²) in [6.07, 6.45) is 0. The third-order valence-corrected chi connectivity index (χ3v) is 11.7. The van der Waals surface area contributed by atoms with E-state index in [2.05, 4.69) is 177 Å². The van der Waals surface area contributed by atoms with Crippen molar-refractivity contribution in [3.8, 4) is 22.8 Å². The maximum absolute atomic E-state index is 5.52. The van der Waals surface area contributed by atoms with Crippen LogP contribution in [0, 0.1) is 0 Å². The second kappa shape index (κ2) is 10.6. The number of rotatable bonds is 3. The van der Waals surface area contributed by atoms with Crippen molar-refractivity contribution in [2.75, 3.05) is 0 Å². The van der Waals surface area contributed by atoms with Crippen LogP contribution in [-0.4, -0.2) is 23.5 Å². The summed E-state index contributed by atoms with van der Waals surface area (Å²) < 4.78 is 7.19. The highest BCUT2D eigenvalue weighted by Crippen LogP contribution is 2.47. The number of hydrogen-bond acceptors (Lipinski definition) is 2. The molecule has 0 amide bonds. The fraction of sp³-hybridized carbons (Fsp3) is 0. The van der Waals surface area contributed by atoms with Gasteiger partial charge in [0.2, 0.25) is 0 Å². The number of fused-ring (bicyclic) bond motifs is 14. The minimum Gasteiger partial charge on any atom is -0.309 e. The standard InChI is InChI=1S/C50H29N5/c1-2-14-31(15-3-1)53-40-22-10-4-16-32(40)36-28-30(26-27-44(36)53)48-50(52-39-21-9-8-20-38(39)51-48)55-43-25-13-6-18-34(43)46-45(55)29-37-33-17-5-11-23-41(33)54-42-24-12-7-19-35(42)47(46)49(37)54/h1-29H. The molecule has 0 aliphatic rings. The average molecular weight is 700 g/mol. The Labute approximate surface area is 313 Å². The van der Waals surface area contributed by atoms with Gasteiger partial charge in [0.1, 0.15) is 5.69 Å². The topological polar surface area (TPSA) is 40.0 Å². The Balaban J connectivity index is 1.19. The first-order valence-electron chi connectivity index (χ1n) is 18.8. The highest BCUT2D eigenvalue weighted by atomic mass is 15.1. The molecule has 5 heterocycles. The Hall–Kier alpha value is -7.50. The summed E-state index contributed by atoms with van der Waals surface area (Å²) in [6.45, 7) is 0. The summed E-state index contributed by atoms with van der Waals surface area (Å²) in [6, 6.07) is 63.2. The molecule has 0 spiro atoms. The van der Waals surface area contributed by atoms with E-state index < -0.39 is 0 Å².